The topological polar surface area (TPSA) is 84.9 Å². The number of fused-ring (bicyclic) bond motifs is 1. The monoisotopic (exact) mass is 382 g/mol. The van der Waals surface area contributed by atoms with Crippen LogP contribution in [0.4, 0.5) is 11.4 Å². The Bertz CT molecular complexity index is 946. The van der Waals surface area contributed by atoms with Crippen LogP contribution in [-0.4, -0.2) is 35.1 Å². The van der Waals surface area contributed by atoms with Gasteiger partial charge in [0.15, 0.2) is 12.4 Å². The molecule has 1 amide bonds. The Kier molecular flexibility index (Phi) is 4.49. The van der Waals surface area contributed by atoms with Crippen molar-refractivity contribution in [1.29, 1.82) is 0 Å². The molecule has 1 aliphatic heterocycles. The smallest absolute Gasteiger partial charge is 0.264 e. The fourth-order valence-corrected chi connectivity index (χ4v) is 3.81. The summed E-state index contributed by atoms with van der Waals surface area (Å²) in [4.78, 5) is 13.1. The molecule has 1 heterocycles. The summed E-state index contributed by atoms with van der Waals surface area (Å²) in [6.07, 6.45) is 0. The number of methoxy groups -OCH3 is 1. The van der Waals surface area contributed by atoms with Crippen LogP contribution in [0.15, 0.2) is 41.3 Å². The van der Waals surface area contributed by atoms with E-state index in [1.54, 1.807) is 25.2 Å². The van der Waals surface area contributed by atoms with Crippen LogP contribution in [0.3, 0.4) is 0 Å². The molecule has 0 saturated carbocycles. The zero-order valence-electron chi connectivity index (χ0n) is 13.4. The van der Waals surface area contributed by atoms with Gasteiger partial charge in [0.1, 0.15) is 5.75 Å². The van der Waals surface area contributed by atoms with Crippen LogP contribution < -0.4 is 19.1 Å². The van der Waals surface area contributed by atoms with Gasteiger partial charge in [-0.25, -0.2) is 8.42 Å². The van der Waals surface area contributed by atoms with E-state index in [0.717, 1.165) is 0 Å². The van der Waals surface area contributed by atoms with E-state index in [1.807, 2.05) is 0 Å². The number of likely N-dealkylation sites (N-methyl/N-ethyl adjacent to an activating group) is 1. The molecule has 3 rings (SSSR count). The molecular formula is C16H15ClN2O5S. The Morgan fingerprint density at radius 3 is 2.72 bits per heavy atom. The highest BCUT2D eigenvalue weighted by Gasteiger charge is 2.26. The highest BCUT2D eigenvalue weighted by atomic mass is 35.5. The van der Waals surface area contributed by atoms with E-state index >= 15 is 0 Å². The molecule has 0 radical (unpaired) electrons. The van der Waals surface area contributed by atoms with Crippen molar-refractivity contribution in [3.63, 3.8) is 0 Å². The number of para-hydroxylation sites is 1. The van der Waals surface area contributed by atoms with Gasteiger partial charge in [0.25, 0.3) is 15.9 Å². The number of halogens is 1. The van der Waals surface area contributed by atoms with Gasteiger partial charge in [0.05, 0.1) is 28.4 Å². The Labute approximate surface area is 150 Å². The molecule has 1 aliphatic rings. The lowest BCUT2D eigenvalue weighted by Crippen LogP contribution is -2.35. The quantitative estimate of drug-likeness (QED) is 0.878. The summed E-state index contributed by atoms with van der Waals surface area (Å²) < 4.78 is 38.2. The van der Waals surface area contributed by atoms with Crippen molar-refractivity contribution in [3.05, 3.63) is 41.4 Å². The first-order valence-electron chi connectivity index (χ1n) is 7.22. The fourth-order valence-electron chi connectivity index (χ4n) is 2.40. The maximum absolute atomic E-state index is 12.6. The second-order valence-corrected chi connectivity index (χ2v) is 7.39. The van der Waals surface area contributed by atoms with E-state index in [0.29, 0.717) is 17.2 Å². The predicted molar refractivity (Wildman–Crippen MR) is 94.2 cm³/mol. The third kappa shape index (κ3) is 3.22. The molecule has 0 fully saturated rings. The largest absolute Gasteiger partial charge is 0.495 e. The summed E-state index contributed by atoms with van der Waals surface area (Å²) in [5, 5.41) is 0.182. The van der Waals surface area contributed by atoms with Gasteiger partial charge < -0.3 is 14.4 Å². The Morgan fingerprint density at radius 2 is 2.04 bits per heavy atom. The molecule has 0 aromatic heterocycles. The molecule has 0 atom stereocenters. The van der Waals surface area contributed by atoms with Crippen molar-refractivity contribution < 1.29 is 22.7 Å². The van der Waals surface area contributed by atoms with Gasteiger partial charge in [-0.15, -0.1) is 0 Å². The number of benzene rings is 2. The number of sulfonamides is 1. The number of hydrogen-bond donors (Lipinski definition) is 1. The molecule has 7 nitrogen and oxygen atoms in total. The first-order valence-corrected chi connectivity index (χ1v) is 9.08. The summed E-state index contributed by atoms with van der Waals surface area (Å²) in [5.41, 5.74) is 0.730. The molecule has 2 aromatic carbocycles. The number of amides is 1. The summed E-state index contributed by atoms with van der Waals surface area (Å²) in [7, 11) is -0.853. The van der Waals surface area contributed by atoms with Crippen molar-refractivity contribution in [2.24, 2.45) is 0 Å². The number of carbonyl (C=O) groups excluding carboxylic acids is 1. The minimum Gasteiger partial charge on any atom is -0.495 e. The maximum atomic E-state index is 12.6. The van der Waals surface area contributed by atoms with Crippen molar-refractivity contribution in [2.45, 2.75) is 4.90 Å². The molecule has 132 valence electrons. The number of anilines is 2. The van der Waals surface area contributed by atoms with Crippen LogP contribution >= 0.6 is 11.6 Å². The minimum absolute atomic E-state index is 0.0175. The van der Waals surface area contributed by atoms with E-state index in [4.69, 9.17) is 21.1 Å². The molecule has 0 bridgehead atoms. The first-order chi connectivity index (χ1) is 11.8. The number of nitrogens with one attached hydrogen (secondary N) is 1. The standard InChI is InChI=1S/C16H15ClN2O5S/c1-19-13-5-3-4-12(16(13)24-9-15(19)20)18-25(21,22)10-6-7-14(23-2)11(17)8-10/h3-8,18H,9H2,1-2H3. The van der Waals surface area contributed by atoms with Gasteiger partial charge in [-0.3, -0.25) is 9.52 Å². The molecule has 0 unspecified atom stereocenters. The Balaban J connectivity index is 1.97. The molecule has 0 saturated heterocycles. The molecule has 9 heteroatoms. The third-order valence-electron chi connectivity index (χ3n) is 3.75. The fraction of sp³-hybridized carbons (Fsp3) is 0.188. The average molecular weight is 383 g/mol. The van der Waals surface area contributed by atoms with E-state index in [1.165, 1.54) is 30.2 Å². The van der Waals surface area contributed by atoms with Crippen LogP contribution in [0.1, 0.15) is 0 Å². The van der Waals surface area contributed by atoms with Gasteiger partial charge in [-0.05, 0) is 30.3 Å². The van der Waals surface area contributed by atoms with Crippen LogP contribution in [-0.2, 0) is 14.8 Å². The second-order valence-electron chi connectivity index (χ2n) is 5.30. The summed E-state index contributed by atoms with van der Waals surface area (Å²) in [6, 6.07) is 9.03. The molecule has 0 spiro atoms. The number of rotatable bonds is 4. The van der Waals surface area contributed by atoms with E-state index in [-0.39, 0.29) is 28.1 Å². The van der Waals surface area contributed by atoms with Gasteiger partial charge in [-0.2, -0.15) is 0 Å². The van der Waals surface area contributed by atoms with Crippen molar-refractivity contribution >= 4 is 38.9 Å². The van der Waals surface area contributed by atoms with Gasteiger partial charge in [0, 0.05) is 7.05 Å². The second kappa shape index (κ2) is 6.45. The maximum Gasteiger partial charge on any atom is 0.264 e. The zero-order chi connectivity index (χ0) is 18.2. The molecule has 1 N–H and O–H groups in total. The molecule has 2 aromatic rings. The number of nitrogens with zero attached hydrogens (tertiary/aromatic N) is 1. The van der Waals surface area contributed by atoms with Crippen molar-refractivity contribution in [2.75, 3.05) is 30.4 Å². The normalized spacial score (nSPS) is 13.9. The third-order valence-corrected chi connectivity index (χ3v) is 5.41. The molecular weight excluding hydrogens is 368 g/mol. The SMILES string of the molecule is COc1ccc(S(=O)(=O)Nc2cccc3c2OCC(=O)N3C)cc1Cl. The van der Waals surface area contributed by atoms with Crippen LogP contribution in [0.5, 0.6) is 11.5 Å². The van der Waals surface area contributed by atoms with E-state index in [2.05, 4.69) is 4.72 Å². The summed E-state index contributed by atoms with van der Waals surface area (Å²) in [5.74, 6) is 0.461. The first kappa shape index (κ1) is 17.4. The van der Waals surface area contributed by atoms with Crippen LogP contribution in [0.25, 0.3) is 0 Å². The zero-order valence-corrected chi connectivity index (χ0v) is 15.0. The summed E-state index contributed by atoms with van der Waals surface area (Å²) >= 11 is 6.00. The minimum atomic E-state index is -3.90. The van der Waals surface area contributed by atoms with Crippen molar-refractivity contribution in [3.8, 4) is 11.5 Å². The van der Waals surface area contributed by atoms with Gasteiger partial charge in [-0.1, -0.05) is 17.7 Å². The Hall–Kier alpha value is -2.45. The van der Waals surface area contributed by atoms with E-state index < -0.39 is 10.0 Å². The number of ether oxygens (including phenoxy) is 2. The number of carbonyl (C=O) groups is 1. The summed E-state index contributed by atoms with van der Waals surface area (Å²) in [6.45, 7) is -0.156. The average Bonchev–Trinajstić information content (AvgIpc) is 2.58. The number of hydrogen-bond acceptors (Lipinski definition) is 5. The lowest BCUT2D eigenvalue weighted by Gasteiger charge is -2.27. The predicted octanol–water partition coefficient (Wildman–Crippen LogP) is 2.50. The highest BCUT2D eigenvalue weighted by Crippen LogP contribution is 2.39. The molecule has 25 heavy (non-hydrogen) atoms. The lowest BCUT2D eigenvalue weighted by molar-refractivity contribution is -0.120. The van der Waals surface area contributed by atoms with Crippen LogP contribution in [0.2, 0.25) is 5.02 Å². The van der Waals surface area contributed by atoms with Gasteiger partial charge in [0.2, 0.25) is 0 Å². The van der Waals surface area contributed by atoms with Gasteiger partial charge >= 0.3 is 0 Å². The van der Waals surface area contributed by atoms with E-state index in [9.17, 15) is 13.2 Å². The van der Waals surface area contributed by atoms with Crippen molar-refractivity contribution in [1.82, 2.24) is 0 Å². The lowest BCUT2D eigenvalue weighted by atomic mass is 10.2. The van der Waals surface area contributed by atoms with Crippen LogP contribution in [0, 0.1) is 0 Å². The Morgan fingerprint density at radius 1 is 1.28 bits per heavy atom. The molecule has 0 aliphatic carbocycles. The highest BCUT2D eigenvalue weighted by molar-refractivity contribution is 7.92.